The van der Waals surface area contributed by atoms with Gasteiger partial charge in [-0.3, -0.25) is 45.5 Å². The number of piperidine rings is 1. The Hall–Kier alpha value is -2.03. The zero-order valence-electron chi connectivity index (χ0n) is 28.0. The minimum atomic E-state index is -4.32. The Morgan fingerprint density at radius 2 is 1.79 bits per heavy atom. The fraction of sp³-hybridized carbons (Fsp3) is 0.844. The lowest BCUT2D eigenvalue weighted by atomic mass is 9.83. The van der Waals surface area contributed by atoms with E-state index in [1.54, 1.807) is 11.8 Å². The van der Waals surface area contributed by atoms with Crippen molar-refractivity contribution in [3.8, 4) is 11.8 Å². The van der Waals surface area contributed by atoms with E-state index in [0.717, 1.165) is 0 Å². The molecule has 0 aromatic heterocycles. The van der Waals surface area contributed by atoms with Crippen molar-refractivity contribution < 1.29 is 32.7 Å². The van der Waals surface area contributed by atoms with E-state index in [2.05, 4.69) is 43.3 Å². The zero-order valence-corrected chi connectivity index (χ0v) is 28.8. The quantitative estimate of drug-likeness (QED) is 0.159. The summed E-state index contributed by atoms with van der Waals surface area (Å²) >= 11 is 6.38. The Bertz CT molecular complexity index is 1240. The van der Waals surface area contributed by atoms with Crippen LogP contribution in [0.5, 0.6) is 0 Å². The molecule has 12 atom stereocenters. The van der Waals surface area contributed by atoms with E-state index in [0.29, 0.717) is 39.3 Å². The monoisotopic (exact) mass is 702 g/mol. The highest BCUT2D eigenvalue weighted by Crippen LogP contribution is 2.39. The summed E-state index contributed by atoms with van der Waals surface area (Å²) in [5.74, 6) is 4.04. The number of carbonyl (C=O) groups excluding carboxylic acids is 3. The van der Waals surface area contributed by atoms with E-state index in [1.165, 1.54) is 0 Å². The van der Waals surface area contributed by atoms with Crippen LogP contribution < -0.4 is 26.6 Å². The molecule has 16 heteroatoms. The van der Waals surface area contributed by atoms with Crippen LogP contribution in [0.4, 0.5) is 13.2 Å². The molecule has 1 aliphatic carbocycles. The molecule has 12 nitrogen and oxygen atoms in total. The van der Waals surface area contributed by atoms with E-state index in [4.69, 9.17) is 11.6 Å². The number of hydrogen-bond acceptors (Lipinski definition) is 10. The fourth-order valence-electron chi connectivity index (χ4n) is 8.10. The summed E-state index contributed by atoms with van der Waals surface area (Å²) in [4.78, 5) is 47.1. The Morgan fingerprint density at radius 3 is 2.42 bits per heavy atom. The van der Waals surface area contributed by atoms with Gasteiger partial charge in [-0.05, 0) is 46.5 Å². The van der Waals surface area contributed by atoms with Gasteiger partial charge in [-0.15, -0.1) is 17.5 Å². The van der Waals surface area contributed by atoms with Crippen LogP contribution in [0.25, 0.3) is 0 Å². The minimum Gasteiger partial charge on any atom is -0.389 e. The Labute approximate surface area is 285 Å². The van der Waals surface area contributed by atoms with Gasteiger partial charge in [-0.1, -0.05) is 12.8 Å². The second-order valence-electron chi connectivity index (χ2n) is 13.9. The van der Waals surface area contributed by atoms with Gasteiger partial charge in [0.15, 0.2) is 5.78 Å². The third-order valence-corrected chi connectivity index (χ3v) is 11.3. The molecule has 0 bridgehead atoms. The van der Waals surface area contributed by atoms with Crippen molar-refractivity contribution in [1.29, 1.82) is 0 Å². The summed E-state index contributed by atoms with van der Waals surface area (Å²) in [6.07, 6.45) is -5.36. The number of likely N-dealkylation sites (tertiary alicyclic amines) is 1. The van der Waals surface area contributed by atoms with Crippen LogP contribution in [0, 0.1) is 17.8 Å². The van der Waals surface area contributed by atoms with E-state index < -0.39 is 53.9 Å². The summed E-state index contributed by atoms with van der Waals surface area (Å²) < 4.78 is 40.0. The first kappa shape index (κ1) is 37.2. The van der Waals surface area contributed by atoms with Crippen molar-refractivity contribution in [2.45, 2.75) is 126 Å². The minimum absolute atomic E-state index is 0.0128. The number of fused-ring (bicyclic) bond motifs is 1. The van der Waals surface area contributed by atoms with Gasteiger partial charge >= 0.3 is 6.18 Å². The van der Waals surface area contributed by atoms with Gasteiger partial charge in [0.25, 0.3) is 0 Å². The highest BCUT2D eigenvalue weighted by molar-refractivity contribution is 6.21. The van der Waals surface area contributed by atoms with Gasteiger partial charge in [0.2, 0.25) is 11.8 Å². The predicted octanol–water partition coefficient (Wildman–Crippen LogP) is -0.447. The second-order valence-corrected chi connectivity index (χ2v) is 14.4. The van der Waals surface area contributed by atoms with Crippen molar-refractivity contribution in [3.05, 3.63) is 0 Å². The number of Topliss-reactive ketones (excluding diaryl/α,β-unsaturated/α-hetero) is 1. The van der Waals surface area contributed by atoms with Crippen molar-refractivity contribution >= 4 is 29.2 Å². The number of aliphatic hydroxyl groups is 1. The number of nitrogens with one attached hydrogen (secondary N) is 5. The molecule has 48 heavy (non-hydrogen) atoms. The molecule has 0 radical (unpaired) electrons. The first-order valence-corrected chi connectivity index (χ1v) is 17.6. The zero-order chi connectivity index (χ0) is 34.9. The number of hydrogen-bond donors (Lipinski definition) is 6. The Balaban J connectivity index is 1.31. The number of alkyl halides is 4. The second kappa shape index (κ2) is 15.5. The summed E-state index contributed by atoms with van der Waals surface area (Å²) in [6, 6.07) is -3.57. The molecular formula is C32H50ClF3N8O4. The molecule has 12 unspecified atom stereocenters. The number of rotatable bonds is 6. The van der Waals surface area contributed by atoms with Crippen LogP contribution >= 0.6 is 11.6 Å². The standard InChI is InChI=1S/C32H50ClF3N8O4/c1-5-7-21-17(3)39-30-25(41-21)29(47)27(42-10-12-43(13-11-42)31(48)26-28(46)18(4)37-16-38-26)23(6-2)44(30)15-24(45)40-22-9-8-19(14-20(22)33)32(34,35)36/h17-23,25-28,30,37-39,41,46H,6,8-16H2,1-4H3,(H,40,45). The first-order chi connectivity index (χ1) is 22.7. The largest absolute Gasteiger partial charge is 0.391 e. The van der Waals surface area contributed by atoms with Gasteiger partial charge < -0.3 is 15.3 Å². The van der Waals surface area contributed by atoms with Crippen LogP contribution in [0.15, 0.2) is 0 Å². The van der Waals surface area contributed by atoms with Crippen LogP contribution in [0.3, 0.4) is 0 Å². The highest BCUT2D eigenvalue weighted by Gasteiger charge is 2.54. The van der Waals surface area contributed by atoms with Gasteiger partial charge in [0, 0.05) is 57.0 Å². The molecule has 0 aromatic rings. The SMILES string of the molecule is CC#CC1NC2C(=O)C(N3CCN(C(=O)C4NCNC(C)C4O)CC3)C(CC)N(CC(=O)NC3CCC(C(F)(F)F)CC3Cl)C2NC1C. The maximum atomic E-state index is 14.4. The summed E-state index contributed by atoms with van der Waals surface area (Å²) in [6.45, 7) is 9.48. The van der Waals surface area contributed by atoms with E-state index in [-0.39, 0.29) is 67.6 Å². The van der Waals surface area contributed by atoms with Crippen molar-refractivity contribution in [1.82, 2.24) is 41.3 Å². The molecular weight excluding hydrogens is 653 g/mol. The molecule has 5 rings (SSSR count). The molecule has 6 N–H and O–H groups in total. The summed E-state index contributed by atoms with van der Waals surface area (Å²) in [5, 5.41) is 25.8. The molecule has 0 spiro atoms. The van der Waals surface area contributed by atoms with Gasteiger partial charge in [-0.25, -0.2) is 0 Å². The number of halogens is 4. The molecule has 4 aliphatic heterocycles. The van der Waals surface area contributed by atoms with Gasteiger partial charge in [-0.2, -0.15) is 13.2 Å². The molecule has 2 amide bonds. The van der Waals surface area contributed by atoms with Crippen molar-refractivity contribution in [3.63, 3.8) is 0 Å². The number of piperazine rings is 2. The first-order valence-electron chi connectivity index (χ1n) is 17.2. The molecule has 4 heterocycles. The van der Waals surface area contributed by atoms with E-state index in [9.17, 15) is 32.7 Å². The number of ketones is 1. The van der Waals surface area contributed by atoms with Crippen LogP contribution in [0.1, 0.15) is 53.4 Å². The van der Waals surface area contributed by atoms with Gasteiger partial charge in [0.05, 0.1) is 48.2 Å². The number of carbonyl (C=O) groups is 3. The average molecular weight is 703 g/mol. The lowest BCUT2D eigenvalue weighted by Crippen LogP contribution is -2.80. The maximum Gasteiger partial charge on any atom is 0.391 e. The van der Waals surface area contributed by atoms with Gasteiger partial charge in [0.1, 0.15) is 6.04 Å². The van der Waals surface area contributed by atoms with Crippen molar-refractivity contribution in [2.24, 2.45) is 5.92 Å². The highest BCUT2D eigenvalue weighted by atomic mass is 35.5. The molecule has 4 saturated heterocycles. The number of amides is 2. The maximum absolute atomic E-state index is 14.4. The molecule has 1 saturated carbocycles. The van der Waals surface area contributed by atoms with Crippen molar-refractivity contribution in [2.75, 3.05) is 39.4 Å². The fourth-order valence-corrected chi connectivity index (χ4v) is 8.50. The Kier molecular flexibility index (Phi) is 12.0. The van der Waals surface area contributed by atoms with E-state index >= 15 is 0 Å². The molecule has 0 aromatic carbocycles. The topological polar surface area (TPSA) is 141 Å². The average Bonchev–Trinajstić information content (AvgIpc) is 3.04. The summed E-state index contributed by atoms with van der Waals surface area (Å²) in [7, 11) is 0. The van der Waals surface area contributed by atoms with Crippen LogP contribution in [-0.2, 0) is 14.4 Å². The predicted molar refractivity (Wildman–Crippen MR) is 174 cm³/mol. The number of nitrogens with zero attached hydrogens (tertiary/aromatic N) is 3. The van der Waals surface area contributed by atoms with Crippen LogP contribution in [0.2, 0.25) is 0 Å². The lowest BCUT2D eigenvalue weighted by molar-refractivity contribution is -0.182. The third kappa shape index (κ3) is 7.81. The molecule has 270 valence electrons. The smallest absolute Gasteiger partial charge is 0.389 e. The molecule has 5 aliphatic rings. The summed E-state index contributed by atoms with van der Waals surface area (Å²) in [5.41, 5.74) is 0. The molecule has 5 fully saturated rings. The van der Waals surface area contributed by atoms with Crippen LogP contribution in [-0.4, -0.2) is 149 Å². The van der Waals surface area contributed by atoms with E-state index in [1.807, 2.05) is 25.7 Å². The lowest BCUT2D eigenvalue weighted by Gasteiger charge is -2.56. The normalized spacial score (nSPS) is 40.0. The third-order valence-electron chi connectivity index (χ3n) is 10.9. The Morgan fingerprint density at radius 1 is 1.08 bits per heavy atom. The number of aliphatic hydroxyl groups excluding tert-OH is 1.